The van der Waals surface area contributed by atoms with Crippen LogP contribution in [0.4, 0.5) is 5.69 Å². The van der Waals surface area contributed by atoms with Crippen LogP contribution in [0.2, 0.25) is 0 Å². The van der Waals surface area contributed by atoms with E-state index >= 15 is 0 Å². The Morgan fingerprint density at radius 3 is 2.89 bits per heavy atom. The fraction of sp³-hybridized carbons (Fsp3) is 0.235. The molecule has 0 saturated carbocycles. The third-order valence-corrected chi connectivity index (χ3v) is 5.36. The Bertz CT molecular complexity index is 962. The molecule has 2 N–H and O–H groups in total. The summed E-state index contributed by atoms with van der Waals surface area (Å²) in [7, 11) is 1.16. The van der Waals surface area contributed by atoms with Gasteiger partial charge in [-0.3, -0.25) is 19.8 Å². The van der Waals surface area contributed by atoms with Gasteiger partial charge in [0.15, 0.2) is 0 Å². The number of nitriles is 1. The summed E-state index contributed by atoms with van der Waals surface area (Å²) < 4.78 is 4.81. The summed E-state index contributed by atoms with van der Waals surface area (Å²) in [4.78, 5) is 36.5. The molecule has 2 heterocycles. The molecule has 0 spiro atoms. The van der Waals surface area contributed by atoms with E-state index in [9.17, 15) is 25.0 Å². The molecule has 0 radical (unpaired) electrons. The van der Waals surface area contributed by atoms with Crippen LogP contribution in [0.25, 0.3) is 0 Å². The molecule has 138 valence electrons. The van der Waals surface area contributed by atoms with Crippen molar-refractivity contribution >= 4 is 29.3 Å². The van der Waals surface area contributed by atoms with E-state index in [4.69, 9.17) is 10.5 Å². The maximum Gasteiger partial charge on any atom is 0.338 e. The summed E-state index contributed by atoms with van der Waals surface area (Å²) in [6.45, 7) is 0. The molecule has 1 aromatic rings. The van der Waals surface area contributed by atoms with Gasteiger partial charge in [-0.2, -0.15) is 5.26 Å². The molecule has 10 heteroatoms. The molecule has 1 saturated heterocycles. The average molecular weight is 386 g/mol. The maximum absolute atomic E-state index is 12.5. The molecule has 0 bridgehead atoms. The van der Waals surface area contributed by atoms with Gasteiger partial charge in [-0.05, 0) is 5.56 Å². The van der Waals surface area contributed by atoms with Crippen LogP contribution in [-0.2, 0) is 14.3 Å². The molecule has 1 unspecified atom stereocenters. The Kier molecular flexibility index (Phi) is 4.87. The average Bonchev–Trinajstić information content (AvgIpc) is 2.67. The highest BCUT2D eigenvalue weighted by atomic mass is 32.2. The van der Waals surface area contributed by atoms with Crippen molar-refractivity contribution in [3.63, 3.8) is 0 Å². The van der Waals surface area contributed by atoms with Gasteiger partial charge < -0.3 is 10.5 Å². The minimum atomic E-state index is -0.966. The number of esters is 1. The van der Waals surface area contributed by atoms with Gasteiger partial charge in [0.05, 0.1) is 40.2 Å². The van der Waals surface area contributed by atoms with Crippen molar-refractivity contribution in [2.24, 2.45) is 5.73 Å². The number of allylic oxidation sites excluding steroid dienone is 1. The number of nitrogens with zero attached hydrogens (tertiary/aromatic N) is 3. The first-order chi connectivity index (χ1) is 12.9. The number of amides is 1. The van der Waals surface area contributed by atoms with Crippen LogP contribution in [0.15, 0.2) is 46.3 Å². The lowest BCUT2D eigenvalue weighted by molar-refractivity contribution is -0.384. The van der Waals surface area contributed by atoms with Gasteiger partial charge in [0.2, 0.25) is 5.91 Å². The van der Waals surface area contributed by atoms with Crippen LogP contribution < -0.4 is 5.73 Å². The van der Waals surface area contributed by atoms with Crippen LogP contribution in [-0.4, -0.2) is 34.6 Å². The number of methoxy groups -OCH3 is 1. The Balaban J connectivity index is 2.28. The Hall–Kier alpha value is -3.32. The van der Waals surface area contributed by atoms with Crippen molar-refractivity contribution in [1.29, 1.82) is 5.26 Å². The first kappa shape index (κ1) is 18.5. The quantitative estimate of drug-likeness (QED) is 0.470. The number of benzene rings is 1. The topological polar surface area (TPSA) is 140 Å². The van der Waals surface area contributed by atoms with Crippen LogP contribution in [0.3, 0.4) is 0 Å². The number of non-ortho nitro benzene ring substituents is 1. The van der Waals surface area contributed by atoms with Gasteiger partial charge in [-0.15, -0.1) is 11.8 Å². The third kappa shape index (κ3) is 3.02. The predicted octanol–water partition coefficient (Wildman–Crippen LogP) is 1.74. The van der Waals surface area contributed by atoms with Crippen molar-refractivity contribution in [1.82, 2.24) is 4.90 Å². The van der Waals surface area contributed by atoms with Crippen LogP contribution >= 0.6 is 11.8 Å². The molecule has 0 aromatic heterocycles. The standard InChI is InChI=1S/C17H14N4O5S/c1-26-17(23)14-13(9-3-2-4-10(7-9)21(24)25)11(8-18)16-20(15(14)19)12(22)5-6-27-16/h2-4,7,13H,5-6,19H2,1H3. The molecule has 9 nitrogen and oxygen atoms in total. The van der Waals surface area contributed by atoms with E-state index in [0.29, 0.717) is 16.3 Å². The van der Waals surface area contributed by atoms with Crippen molar-refractivity contribution in [2.45, 2.75) is 12.3 Å². The zero-order valence-electron chi connectivity index (χ0n) is 14.2. The fourth-order valence-corrected chi connectivity index (χ4v) is 4.22. The van der Waals surface area contributed by atoms with E-state index in [1.54, 1.807) is 6.07 Å². The molecule has 1 atom stereocenters. The minimum Gasteiger partial charge on any atom is -0.466 e. The number of nitro groups is 1. The van der Waals surface area contributed by atoms with Crippen molar-refractivity contribution in [3.05, 3.63) is 61.9 Å². The highest BCUT2D eigenvalue weighted by Gasteiger charge is 2.43. The van der Waals surface area contributed by atoms with E-state index in [0.717, 1.165) is 12.0 Å². The SMILES string of the molecule is COC(=O)C1=C(N)N2C(=O)CCSC2=C(C#N)C1c1cccc([N+](=O)[O-])c1. The number of fused-ring (bicyclic) bond motifs is 1. The second-order valence-electron chi connectivity index (χ2n) is 5.73. The minimum absolute atomic E-state index is 0.0888. The van der Waals surface area contributed by atoms with Crippen LogP contribution in [0, 0.1) is 21.4 Å². The lowest BCUT2D eigenvalue weighted by Gasteiger charge is -2.37. The predicted molar refractivity (Wildman–Crippen MR) is 95.6 cm³/mol. The second-order valence-corrected chi connectivity index (χ2v) is 6.82. The summed E-state index contributed by atoms with van der Waals surface area (Å²) in [5.74, 6) is -1.75. The monoisotopic (exact) mass is 386 g/mol. The maximum atomic E-state index is 12.5. The zero-order chi connectivity index (χ0) is 19.7. The molecule has 2 aliphatic rings. The molecular formula is C17H14N4O5S. The second kappa shape index (κ2) is 7.13. The lowest BCUT2D eigenvalue weighted by Crippen LogP contribution is -2.42. The van der Waals surface area contributed by atoms with Crippen LogP contribution in [0.1, 0.15) is 17.9 Å². The molecule has 0 aliphatic carbocycles. The summed E-state index contributed by atoms with van der Waals surface area (Å²) in [6.07, 6.45) is 0.212. The Labute approximate surface area is 158 Å². The number of rotatable bonds is 3. The van der Waals surface area contributed by atoms with Gasteiger partial charge in [0.1, 0.15) is 5.82 Å². The first-order valence-corrected chi connectivity index (χ1v) is 8.81. The van der Waals surface area contributed by atoms with Crippen molar-refractivity contribution in [2.75, 3.05) is 12.9 Å². The molecule has 1 fully saturated rings. The molecular weight excluding hydrogens is 372 g/mol. The van der Waals surface area contributed by atoms with E-state index in [2.05, 4.69) is 0 Å². The van der Waals surface area contributed by atoms with Gasteiger partial charge in [0.25, 0.3) is 5.69 Å². The number of nitro benzene ring substituents is 1. The van der Waals surface area contributed by atoms with Crippen molar-refractivity contribution < 1.29 is 19.2 Å². The van der Waals surface area contributed by atoms with E-state index in [1.807, 2.05) is 6.07 Å². The first-order valence-electron chi connectivity index (χ1n) is 7.83. The van der Waals surface area contributed by atoms with E-state index in [1.165, 1.54) is 30.0 Å². The summed E-state index contributed by atoms with van der Waals surface area (Å²) in [5.41, 5.74) is 6.33. The highest BCUT2D eigenvalue weighted by Crippen LogP contribution is 2.46. The summed E-state index contributed by atoms with van der Waals surface area (Å²) in [6, 6.07) is 7.66. The van der Waals surface area contributed by atoms with E-state index in [-0.39, 0.29) is 35.0 Å². The number of nitrogens with two attached hydrogens (primary N) is 1. The zero-order valence-corrected chi connectivity index (χ0v) is 15.0. The summed E-state index contributed by atoms with van der Waals surface area (Å²) >= 11 is 1.28. The fourth-order valence-electron chi connectivity index (χ4n) is 3.10. The van der Waals surface area contributed by atoms with Gasteiger partial charge >= 0.3 is 5.97 Å². The van der Waals surface area contributed by atoms with Crippen molar-refractivity contribution in [3.8, 4) is 6.07 Å². The summed E-state index contributed by atoms with van der Waals surface area (Å²) in [5, 5.41) is 21.3. The van der Waals surface area contributed by atoms with E-state index < -0.39 is 16.8 Å². The number of hydrogen-bond acceptors (Lipinski definition) is 8. The van der Waals surface area contributed by atoms with Gasteiger partial charge in [0, 0.05) is 24.3 Å². The van der Waals surface area contributed by atoms with Crippen LogP contribution in [0.5, 0.6) is 0 Å². The molecule has 1 aromatic carbocycles. The number of carbonyl (C=O) groups is 2. The molecule has 1 amide bonds. The van der Waals surface area contributed by atoms with Gasteiger partial charge in [-0.25, -0.2) is 4.79 Å². The number of ether oxygens (including phenoxy) is 1. The highest BCUT2D eigenvalue weighted by molar-refractivity contribution is 8.03. The Morgan fingerprint density at radius 2 is 2.26 bits per heavy atom. The number of hydrogen-bond donors (Lipinski definition) is 1. The third-order valence-electron chi connectivity index (χ3n) is 4.27. The largest absolute Gasteiger partial charge is 0.466 e. The molecule has 27 heavy (non-hydrogen) atoms. The lowest BCUT2D eigenvalue weighted by atomic mass is 9.82. The number of carbonyl (C=O) groups excluding carboxylic acids is 2. The van der Waals surface area contributed by atoms with Gasteiger partial charge in [-0.1, -0.05) is 12.1 Å². The smallest absolute Gasteiger partial charge is 0.338 e. The molecule has 2 aliphatic heterocycles. The Morgan fingerprint density at radius 1 is 1.52 bits per heavy atom. The molecule has 3 rings (SSSR count). The normalized spacial score (nSPS) is 19.5. The number of thioether (sulfide) groups is 1.